The van der Waals surface area contributed by atoms with E-state index in [9.17, 15) is 4.79 Å². The molecule has 1 N–H and O–H groups in total. The second kappa shape index (κ2) is 7.75. The van der Waals surface area contributed by atoms with Crippen molar-refractivity contribution < 1.29 is 4.79 Å². The number of aromatic nitrogens is 2. The third kappa shape index (κ3) is 4.12. The molecule has 128 valence electrons. The highest BCUT2D eigenvalue weighted by Crippen LogP contribution is 2.18. The van der Waals surface area contributed by atoms with Gasteiger partial charge < -0.3 is 10.2 Å². The molecular weight excluding hydrogens is 320 g/mol. The zero-order valence-electron chi connectivity index (χ0n) is 14.3. The largest absolute Gasteiger partial charge is 0.357 e. The zero-order valence-corrected chi connectivity index (χ0v) is 15.2. The van der Waals surface area contributed by atoms with Crippen molar-refractivity contribution >= 4 is 23.1 Å². The van der Waals surface area contributed by atoms with Gasteiger partial charge in [0.1, 0.15) is 5.82 Å². The highest BCUT2D eigenvalue weighted by atomic mass is 32.1. The Labute approximate surface area is 147 Å². The number of hydrogen-bond acceptors (Lipinski definition) is 5. The van der Waals surface area contributed by atoms with Crippen molar-refractivity contribution in [2.45, 2.75) is 46.1 Å². The molecule has 1 saturated heterocycles. The van der Waals surface area contributed by atoms with E-state index in [1.54, 1.807) is 17.5 Å². The van der Waals surface area contributed by atoms with Crippen LogP contribution in [-0.2, 0) is 6.54 Å². The van der Waals surface area contributed by atoms with E-state index in [1.807, 2.05) is 26.0 Å². The number of nitrogens with one attached hydrogen (secondary N) is 1. The monoisotopic (exact) mass is 344 g/mol. The first kappa shape index (κ1) is 16.9. The number of thiazole rings is 1. The van der Waals surface area contributed by atoms with Gasteiger partial charge in [-0.2, -0.15) is 0 Å². The summed E-state index contributed by atoms with van der Waals surface area (Å²) >= 11 is 1.63. The first-order valence-corrected chi connectivity index (χ1v) is 9.37. The number of amides is 1. The number of carbonyl (C=O) groups excluding carboxylic acids is 1. The molecule has 0 aliphatic carbocycles. The van der Waals surface area contributed by atoms with Crippen molar-refractivity contribution in [2.24, 2.45) is 0 Å². The summed E-state index contributed by atoms with van der Waals surface area (Å²) in [7, 11) is 0. The number of pyridine rings is 1. The van der Waals surface area contributed by atoms with Crippen LogP contribution in [0.5, 0.6) is 0 Å². The van der Waals surface area contributed by atoms with E-state index in [0.717, 1.165) is 34.5 Å². The van der Waals surface area contributed by atoms with Gasteiger partial charge in [0.2, 0.25) is 0 Å². The molecule has 0 unspecified atom stereocenters. The maximum absolute atomic E-state index is 12.3. The molecule has 0 aromatic carbocycles. The number of rotatable bonds is 4. The maximum Gasteiger partial charge on any atom is 0.253 e. The fraction of sp³-hybridized carbons (Fsp3) is 0.500. The van der Waals surface area contributed by atoms with Gasteiger partial charge >= 0.3 is 0 Å². The van der Waals surface area contributed by atoms with Crippen molar-refractivity contribution in [2.75, 3.05) is 18.0 Å². The average Bonchev–Trinajstić information content (AvgIpc) is 2.79. The summed E-state index contributed by atoms with van der Waals surface area (Å²) in [5.41, 5.74) is 1.60. The van der Waals surface area contributed by atoms with Crippen LogP contribution in [0.15, 0.2) is 18.3 Å². The van der Waals surface area contributed by atoms with E-state index < -0.39 is 0 Å². The molecule has 6 heteroatoms. The highest BCUT2D eigenvalue weighted by Gasteiger charge is 2.13. The number of anilines is 1. The molecule has 5 nitrogen and oxygen atoms in total. The molecule has 2 aromatic heterocycles. The second-order valence-corrected chi connectivity index (χ2v) is 7.52. The summed E-state index contributed by atoms with van der Waals surface area (Å²) in [6, 6.07) is 3.83. The molecule has 1 fully saturated rings. The molecule has 2 aromatic rings. The standard InChI is InChI=1S/C18H24N4OS/c1-13-16(24-14(2)21-13)12-20-18(23)15-7-8-17(19-11-15)22-9-5-3-4-6-10-22/h7-8,11H,3-6,9-10,12H2,1-2H3,(H,20,23). The fourth-order valence-corrected chi connectivity index (χ4v) is 3.88. The molecule has 3 heterocycles. The van der Waals surface area contributed by atoms with Crippen LogP contribution in [0.2, 0.25) is 0 Å². The van der Waals surface area contributed by atoms with E-state index in [2.05, 4.69) is 20.2 Å². The van der Waals surface area contributed by atoms with Crippen LogP contribution in [-0.4, -0.2) is 29.0 Å². The number of hydrogen-bond donors (Lipinski definition) is 1. The van der Waals surface area contributed by atoms with Crippen molar-refractivity contribution in [3.63, 3.8) is 0 Å². The SMILES string of the molecule is Cc1nc(C)c(CNC(=O)c2ccc(N3CCCCCC3)nc2)s1. The third-order valence-electron chi connectivity index (χ3n) is 4.35. The van der Waals surface area contributed by atoms with Gasteiger partial charge in [-0.1, -0.05) is 12.8 Å². The summed E-state index contributed by atoms with van der Waals surface area (Å²) in [6.45, 7) is 6.59. The first-order valence-electron chi connectivity index (χ1n) is 8.55. The van der Waals surface area contributed by atoms with Gasteiger partial charge in [-0.15, -0.1) is 11.3 Å². The summed E-state index contributed by atoms with van der Waals surface area (Å²) in [6.07, 6.45) is 6.72. The number of nitrogens with zero attached hydrogens (tertiary/aromatic N) is 3. The molecule has 3 rings (SSSR count). The molecule has 0 saturated carbocycles. The zero-order chi connectivity index (χ0) is 16.9. The predicted molar refractivity (Wildman–Crippen MR) is 97.7 cm³/mol. The van der Waals surface area contributed by atoms with E-state index >= 15 is 0 Å². The van der Waals surface area contributed by atoms with E-state index in [0.29, 0.717) is 12.1 Å². The smallest absolute Gasteiger partial charge is 0.253 e. The van der Waals surface area contributed by atoms with Gasteiger partial charge in [-0.05, 0) is 38.8 Å². The summed E-state index contributed by atoms with van der Waals surface area (Å²) in [4.78, 5) is 24.6. The van der Waals surface area contributed by atoms with E-state index in [-0.39, 0.29) is 5.91 Å². The Bertz CT molecular complexity index is 688. The Kier molecular flexibility index (Phi) is 5.45. The van der Waals surface area contributed by atoms with Gasteiger partial charge in [0.05, 0.1) is 22.8 Å². The van der Waals surface area contributed by atoms with Crippen molar-refractivity contribution in [1.82, 2.24) is 15.3 Å². The molecule has 1 aliphatic rings. The van der Waals surface area contributed by atoms with Crippen LogP contribution >= 0.6 is 11.3 Å². The van der Waals surface area contributed by atoms with Crippen LogP contribution in [0.3, 0.4) is 0 Å². The Morgan fingerprint density at radius 1 is 1.21 bits per heavy atom. The Morgan fingerprint density at radius 3 is 2.54 bits per heavy atom. The Balaban J connectivity index is 1.60. The molecule has 1 aliphatic heterocycles. The molecule has 0 radical (unpaired) electrons. The molecular formula is C18H24N4OS. The minimum atomic E-state index is -0.0876. The fourth-order valence-electron chi connectivity index (χ4n) is 3.01. The van der Waals surface area contributed by atoms with Gasteiger partial charge in [0, 0.05) is 24.2 Å². The average molecular weight is 344 g/mol. The van der Waals surface area contributed by atoms with Crippen LogP contribution in [0.4, 0.5) is 5.82 Å². The Morgan fingerprint density at radius 2 is 1.96 bits per heavy atom. The molecule has 24 heavy (non-hydrogen) atoms. The minimum Gasteiger partial charge on any atom is -0.357 e. The van der Waals surface area contributed by atoms with Crippen LogP contribution in [0.1, 0.15) is 51.6 Å². The van der Waals surface area contributed by atoms with Crippen LogP contribution < -0.4 is 10.2 Å². The Hall–Kier alpha value is -1.95. The first-order chi connectivity index (χ1) is 11.6. The normalized spacial score (nSPS) is 15.2. The molecule has 0 atom stereocenters. The number of aryl methyl sites for hydroxylation is 2. The highest BCUT2D eigenvalue weighted by molar-refractivity contribution is 7.11. The van der Waals surface area contributed by atoms with Gasteiger partial charge in [-0.3, -0.25) is 4.79 Å². The maximum atomic E-state index is 12.3. The molecule has 1 amide bonds. The van der Waals surface area contributed by atoms with E-state index in [1.165, 1.54) is 25.7 Å². The quantitative estimate of drug-likeness (QED) is 0.923. The minimum absolute atomic E-state index is 0.0876. The molecule has 0 spiro atoms. The summed E-state index contributed by atoms with van der Waals surface area (Å²) in [5, 5.41) is 3.98. The predicted octanol–water partition coefficient (Wildman–Crippen LogP) is 3.47. The summed E-state index contributed by atoms with van der Waals surface area (Å²) in [5.74, 6) is 0.887. The lowest BCUT2D eigenvalue weighted by atomic mass is 10.2. The topological polar surface area (TPSA) is 58.1 Å². The lowest BCUT2D eigenvalue weighted by Crippen LogP contribution is -2.26. The van der Waals surface area contributed by atoms with E-state index in [4.69, 9.17) is 0 Å². The lowest BCUT2D eigenvalue weighted by Gasteiger charge is -2.21. The van der Waals surface area contributed by atoms with Crippen molar-refractivity contribution in [3.8, 4) is 0 Å². The van der Waals surface area contributed by atoms with Gasteiger partial charge in [0.25, 0.3) is 5.91 Å². The van der Waals surface area contributed by atoms with Crippen LogP contribution in [0, 0.1) is 13.8 Å². The van der Waals surface area contributed by atoms with Gasteiger partial charge in [0.15, 0.2) is 0 Å². The third-order valence-corrected chi connectivity index (χ3v) is 5.42. The summed E-state index contributed by atoms with van der Waals surface area (Å²) < 4.78 is 0. The van der Waals surface area contributed by atoms with Crippen molar-refractivity contribution in [3.05, 3.63) is 39.5 Å². The molecule has 0 bridgehead atoms. The second-order valence-electron chi connectivity index (χ2n) is 6.23. The lowest BCUT2D eigenvalue weighted by molar-refractivity contribution is 0.0951. The van der Waals surface area contributed by atoms with Gasteiger partial charge in [-0.25, -0.2) is 9.97 Å². The van der Waals surface area contributed by atoms with Crippen LogP contribution in [0.25, 0.3) is 0 Å². The number of carbonyl (C=O) groups is 1. The van der Waals surface area contributed by atoms with Crippen molar-refractivity contribution in [1.29, 1.82) is 0 Å².